The molecule has 0 amide bonds. The molecule has 0 atom stereocenters. The first-order valence-corrected chi connectivity index (χ1v) is 4.47. The Morgan fingerprint density at radius 2 is 2.00 bits per heavy atom. The summed E-state index contributed by atoms with van der Waals surface area (Å²) in [7, 11) is 0. The number of benzene rings is 1. The highest BCUT2D eigenvalue weighted by Crippen LogP contribution is 2.28. The molecule has 14 heavy (non-hydrogen) atoms. The van der Waals surface area contributed by atoms with Gasteiger partial charge in [0.1, 0.15) is 6.33 Å². The maximum atomic E-state index is 6.01. The number of halogens is 1. The molecule has 1 aromatic heterocycles. The van der Waals surface area contributed by atoms with Crippen molar-refractivity contribution in [2.45, 2.75) is 0 Å². The number of nitrogens with two attached hydrogens (primary N) is 1. The van der Waals surface area contributed by atoms with Crippen LogP contribution in [0.15, 0.2) is 36.8 Å². The molecule has 2 aromatic rings. The van der Waals surface area contributed by atoms with Crippen LogP contribution < -0.4 is 5.73 Å². The van der Waals surface area contributed by atoms with E-state index >= 15 is 0 Å². The zero-order valence-electron chi connectivity index (χ0n) is 7.31. The maximum Gasteiger partial charge on any atom is 0.116 e. The fraction of sp³-hybridized carbons (Fsp3) is 0. The number of hydrogen-bond acceptors (Lipinski definition) is 3. The quantitative estimate of drug-likeness (QED) is 0.778. The van der Waals surface area contributed by atoms with E-state index in [1.165, 1.54) is 6.33 Å². The van der Waals surface area contributed by atoms with Crippen LogP contribution in [0.25, 0.3) is 11.3 Å². The van der Waals surface area contributed by atoms with E-state index in [0.29, 0.717) is 16.4 Å². The summed E-state index contributed by atoms with van der Waals surface area (Å²) < 4.78 is 0. The van der Waals surface area contributed by atoms with Crippen molar-refractivity contribution in [2.75, 3.05) is 5.73 Å². The molecule has 0 fully saturated rings. The van der Waals surface area contributed by atoms with E-state index in [4.69, 9.17) is 17.3 Å². The number of anilines is 1. The van der Waals surface area contributed by atoms with Gasteiger partial charge in [0.2, 0.25) is 0 Å². The molecule has 2 N–H and O–H groups in total. The van der Waals surface area contributed by atoms with Crippen molar-refractivity contribution in [3.8, 4) is 11.3 Å². The van der Waals surface area contributed by atoms with E-state index in [9.17, 15) is 0 Å². The van der Waals surface area contributed by atoms with Gasteiger partial charge in [0, 0.05) is 5.56 Å². The molecule has 0 saturated heterocycles. The highest BCUT2D eigenvalue weighted by Gasteiger charge is 2.06. The molecule has 0 aliphatic carbocycles. The largest absolute Gasteiger partial charge is 0.396 e. The Balaban J connectivity index is 2.61. The lowest BCUT2D eigenvalue weighted by molar-refractivity contribution is 1.18. The van der Waals surface area contributed by atoms with Crippen molar-refractivity contribution in [2.24, 2.45) is 0 Å². The first-order chi connectivity index (χ1) is 6.79. The predicted octanol–water partition coefficient (Wildman–Crippen LogP) is 2.38. The normalized spacial score (nSPS) is 10.1. The van der Waals surface area contributed by atoms with Gasteiger partial charge in [0.05, 0.1) is 22.6 Å². The van der Waals surface area contributed by atoms with E-state index in [1.54, 1.807) is 12.3 Å². The van der Waals surface area contributed by atoms with Crippen molar-refractivity contribution < 1.29 is 0 Å². The van der Waals surface area contributed by atoms with Crippen LogP contribution in [0, 0.1) is 0 Å². The maximum absolute atomic E-state index is 6.01. The summed E-state index contributed by atoms with van der Waals surface area (Å²) in [5, 5.41) is 0.637. The van der Waals surface area contributed by atoms with Crippen LogP contribution >= 0.6 is 11.6 Å². The van der Waals surface area contributed by atoms with Crippen molar-refractivity contribution in [1.29, 1.82) is 0 Å². The minimum absolute atomic E-state index is 0.528. The van der Waals surface area contributed by atoms with Crippen LogP contribution in [-0.2, 0) is 0 Å². The highest BCUT2D eigenvalue weighted by atomic mass is 35.5. The van der Waals surface area contributed by atoms with Gasteiger partial charge in [0.15, 0.2) is 0 Å². The molecule has 1 aromatic carbocycles. The van der Waals surface area contributed by atoms with E-state index in [-0.39, 0.29) is 0 Å². The lowest BCUT2D eigenvalue weighted by atomic mass is 10.1. The lowest BCUT2D eigenvalue weighted by Gasteiger charge is -2.04. The zero-order chi connectivity index (χ0) is 9.97. The number of nitrogen functional groups attached to an aromatic ring is 1. The van der Waals surface area contributed by atoms with Gasteiger partial charge in [-0.3, -0.25) is 0 Å². The fourth-order valence-corrected chi connectivity index (χ4v) is 1.44. The van der Waals surface area contributed by atoms with Gasteiger partial charge in [-0.25, -0.2) is 9.97 Å². The monoisotopic (exact) mass is 205 g/mol. The molecule has 0 radical (unpaired) electrons. The van der Waals surface area contributed by atoms with Crippen LogP contribution in [-0.4, -0.2) is 9.97 Å². The topological polar surface area (TPSA) is 51.8 Å². The van der Waals surface area contributed by atoms with Crippen molar-refractivity contribution >= 4 is 17.3 Å². The second-order valence-corrected chi connectivity index (χ2v) is 3.21. The molecule has 0 bridgehead atoms. The summed E-state index contributed by atoms with van der Waals surface area (Å²) in [6.07, 6.45) is 3.01. The first-order valence-electron chi connectivity index (χ1n) is 4.09. The molecule has 4 heteroatoms. The third-order valence-corrected chi connectivity index (χ3v) is 2.20. The van der Waals surface area contributed by atoms with Gasteiger partial charge in [0.25, 0.3) is 0 Å². The molecule has 0 aliphatic rings. The minimum atomic E-state index is 0.528. The lowest BCUT2D eigenvalue weighted by Crippen LogP contribution is -1.94. The average molecular weight is 206 g/mol. The van der Waals surface area contributed by atoms with Gasteiger partial charge >= 0.3 is 0 Å². The molecule has 0 spiro atoms. The van der Waals surface area contributed by atoms with E-state index < -0.39 is 0 Å². The van der Waals surface area contributed by atoms with E-state index in [1.807, 2.05) is 18.2 Å². The van der Waals surface area contributed by atoms with Gasteiger partial charge in [-0.15, -0.1) is 0 Å². The highest BCUT2D eigenvalue weighted by molar-refractivity contribution is 6.33. The molecular formula is C10H8ClN3. The Morgan fingerprint density at radius 3 is 2.71 bits per heavy atom. The minimum Gasteiger partial charge on any atom is -0.396 e. The summed E-state index contributed by atoms with van der Waals surface area (Å²) in [5.74, 6) is 0. The van der Waals surface area contributed by atoms with Gasteiger partial charge in [-0.05, 0) is 6.07 Å². The molecule has 3 nitrogen and oxygen atoms in total. The van der Waals surface area contributed by atoms with Crippen molar-refractivity contribution in [1.82, 2.24) is 9.97 Å². The molecule has 0 aliphatic heterocycles. The molecule has 1 heterocycles. The van der Waals surface area contributed by atoms with Gasteiger partial charge in [-0.1, -0.05) is 29.8 Å². The standard InChI is InChI=1S/C10H8ClN3/c11-8-4-2-1-3-7(8)10-9(12)5-13-6-14-10/h1-6H,12H2. The average Bonchev–Trinajstić information content (AvgIpc) is 2.20. The van der Waals surface area contributed by atoms with Crippen LogP contribution in [0.5, 0.6) is 0 Å². The van der Waals surface area contributed by atoms with Gasteiger partial charge < -0.3 is 5.73 Å². The van der Waals surface area contributed by atoms with Crippen molar-refractivity contribution in [3.63, 3.8) is 0 Å². The molecular weight excluding hydrogens is 198 g/mol. The van der Waals surface area contributed by atoms with E-state index in [2.05, 4.69) is 9.97 Å². The Kier molecular flexibility index (Phi) is 2.33. The molecule has 0 saturated carbocycles. The van der Waals surface area contributed by atoms with Crippen LogP contribution in [0.4, 0.5) is 5.69 Å². The first kappa shape index (κ1) is 8.97. The Morgan fingerprint density at radius 1 is 1.21 bits per heavy atom. The summed E-state index contributed by atoms with van der Waals surface area (Å²) in [4.78, 5) is 7.91. The Labute approximate surface area is 86.6 Å². The van der Waals surface area contributed by atoms with E-state index in [0.717, 1.165) is 5.56 Å². The Bertz CT molecular complexity index is 413. The SMILES string of the molecule is Nc1cncnc1-c1ccccc1Cl. The number of hydrogen-bond donors (Lipinski definition) is 1. The fourth-order valence-electron chi connectivity index (χ4n) is 1.22. The summed E-state index contributed by atoms with van der Waals surface area (Å²) >= 11 is 6.01. The third-order valence-electron chi connectivity index (χ3n) is 1.87. The molecule has 2 rings (SSSR count). The van der Waals surface area contributed by atoms with Crippen LogP contribution in [0.3, 0.4) is 0 Å². The van der Waals surface area contributed by atoms with Gasteiger partial charge in [-0.2, -0.15) is 0 Å². The Hall–Kier alpha value is -1.61. The second-order valence-electron chi connectivity index (χ2n) is 2.81. The summed E-state index contributed by atoms with van der Waals surface area (Å²) in [6, 6.07) is 7.44. The van der Waals surface area contributed by atoms with Crippen LogP contribution in [0.2, 0.25) is 5.02 Å². The molecule has 0 unspecified atom stereocenters. The summed E-state index contributed by atoms with van der Waals surface area (Å²) in [5.41, 5.74) is 7.77. The zero-order valence-corrected chi connectivity index (χ0v) is 8.07. The second kappa shape index (κ2) is 3.64. The smallest absolute Gasteiger partial charge is 0.116 e. The number of rotatable bonds is 1. The van der Waals surface area contributed by atoms with Crippen molar-refractivity contribution in [3.05, 3.63) is 41.8 Å². The third kappa shape index (κ3) is 1.54. The predicted molar refractivity (Wildman–Crippen MR) is 56.9 cm³/mol. The number of aromatic nitrogens is 2. The van der Waals surface area contributed by atoms with Crippen LogP contribution in [0.1, 0.15) is 0 Å². The summed E-state index contributed by atoms with van der Waals surface area (Å²) in [6.45, 7) is 0. The molecule has 70 valence electrons. The number of nitrogens with zero attached hydrogens (tertiary/aromatic N) is 2.